The van der Waals surface area contributed by atoms with E-state index in [1.807, 2.05) is 0 Å². The number of nitro benzene ring substituents is 1. The second-order valence-electron chi connectivity index (χ2n) is 3.98. The molecule has 0 saturated carbocycles. The molecule has 8 heteroatoms. The monoisotopic (exact) mass is 416 g/mol. The number of carbonyl (C=O) groups is 1. The van der Waals surface area contributed by atoms with Crippen molar-refractivity contribution in [3.05, 3.63) is 66.8 Å². The number of nitro groups is 1. The van der Waals surface area contributed by atoms with Gasteiger partial charge < -0.3 is 5.32 Å². The molecular formula is C13H7Br2FN2O3. The second kappa shape index (κ2) is 6.31. The van der Waals surface area contributed by atoms with Crippen LogP contribution in [0.4, 0.5) is 15.8 Å². The van der Waals surface area contributed by atoms with E-state index in [1.165, 1.54) is 36.4 Å². The summed E-state index contributed by atoms with van der Waals surface area (Å²) >= 11 is 6.06. The fraction of sp³-hybridized carbons (Fsp3) is 0. The van der Waals surface area contributed by atoms with Gasteiger partial charge >= 0.3 is 0 Å². The smallest absolute Gasteiger partial charge is 0.283 e. The number of hydrogen-bond acceptors (Lipinski definition) is 3. The van der Waals surface area contributed by atoms with Crippen molar-refractivity contribution in [3.8, 4) is 0 Å². The van der Waals surface area contributed by atoms with Gasteiger partial charge in [0.2, 0.25) is 0 Å². The second-order valence-corrected chi connectivity index (χ2v) is 5.63. The number of hydrogen-bond donors (Lipinski definition) is 1. The number of carbonyl (C=O) groups excluding carboxylic acids is 1. The highest BCUT2D eigenvalue weighted by atomic mass is 79.9. The molecule has 2 aromatic rings. The summed E-state index contributed by atoms with van der Waals surface area (Å²) in [6.45, 7) is 0. The van der Waals surface area contributed by atoms with Crippen molar-refractivity contribution in [2.24, 2.45) is 0 Å². The van der Waals surface area contributed by atoms with Crippen molar-refractivity contribution >= 4 is 49.1 Å². The molecule has 0 radical (unpaired) electrons. The maximum Gasteiger partial charge on any atom is 0.283 e. The molecule has 5 nitrogen and oxygen atoms in total. The van der Waals surface area contributed by atoms with Crippen molar-refractivity contribution in [1.29, 1.82) is 0 Å². The number of nitrogens with one attached hydrogen (secondary N) is 1. The van der Waals surface area contributed by atoms with E-state index < -0.39 is 16.6 Å². The normalized spacial score (nSPS) is 10.2. The summed E-state index contributed by atoms with van der Waals surface area (Å²) in [4.78, 5) is 22.2. The van der Waals surface area contributed by atoms with E-state index in [0.29, 0.717) is 5.69 Å². The van der Waals surface area contributed by atoms with E-state index in [2.05, 4.69) is 37.2 Å². The lowest BCUT2D eigenvalue weighted by Crippen LogP contribution is -2.13. The topological polar surface area (TPSA) is 72.2 Å². The van der Waals surface area contributed by atoms with E-state index in [-0.39, 0.29) is 20.2 Å². The SMILES string of the molecule is O=C(Nc1ccc([N+](=O)[O-])c(Br)c1)c1cccc(F)c1Br. The molecule has 0 unspecified atom stereocenters. The van der Waals surface area contributed by atoms with Gasteiger partial charge in [-0.25, -0.2) is 4.39 Å². The predicted octanol–water partition coefficient (Wildman–Crippen LogP) is 4.51. The quantitative estimate of drug-likeness (QED) is 0.589. The van der Waals surface area contributed by atoms with Gasteiger partial charge in [0.25, 0.3) is 11.6 Å². The summed E-state index contributed by atoms with van der Waals surface area (Å²) in [5.74, 6) is -1.07. The zero-order valence-corrected chi connectivity index (χ0v) is 13.4. The number of rotatable bonds is 3. The predicted molar refractivity (Wildman–Crippen MR) is 82.8 cm³/mol. The third kappa shape index (κ3) is 3.45. The Kier molecular flexibility index (Phi) is 4.69. The summed E-state index contributed by atoms with van der Waals surface area (Å²) in [6, 6.07) is 8.17. The molecule has 0 bridgehead atoms. The van der Waals surface area contributed by atoms with Gasteiger partial charge in [-0.2, -0.15) is 0 Å². The molecule has 0 spiro atoms. The van der Waals surface area contributed by atoms with E-state index >= 15 is 0 Å². The summed E-state index contributed by atoms with van der Waals surface area (Å²) < 4.78 is 13.7. The first-order chi connectivity index (χ1) is 9.90. The Morgan fingerprint density at radius 3 is 2.57 bits per heavy atom. The lowest BCUT2D eigenvalue weighted by Gasteiger charge is -2.08. The molecule has 0 aliphatic heterocycles. The van der Waals surface area contributed by atoms with Crippen LogP contribution in [-0.2, 0) is 0 Å². The first-order valence-electron chi connectivity index (χ1n) is 5.59. The van der Waals surface area contributed by atoms with Crippen LogP contribution in [0.1, 0.15) is 10.4 Å². The van der Waals surface area contributed by atoms with Gasteiger partial charge in [-0.05, 0) is 56.1 Å². The average molecular weight is 418 g/mol. The van der Waals surface area contributed by atoms with Crippen molar-refractivity contribution in [3.63, 3.8) is 0 Å². The standard InChI is InChI=1S/C13H7Br2FN2O3/c14-9-6-7(4-5-11(9)18(20)21)17-13(19)8-2-1-3-10(16)12(8)15/h1-6H,(H,17,19). The molecule has 1 N–H and O–H groups in total. The van der Waals surface area contributed by atoms with Crippen molar-refractivity contribution in [2.75, 3.05) is 5.32 Å². The van der Waals surface area contributed by atoms with Crippen LogP contribution in [0.15, 0.2) is 45.3 Å². The van der Waals surface area contributed by atoms with Crippen LogP contribution in [0.2, 0.25) is 0 Å². The zero-order chi connectivity index (χ0) is 15.6. The van der Waals surface area contributed by atoms with Crippen LogP contribution in [0.5, 0.6) is 0 Å². The Hall–Kier alpha value is -1.80. The van der Waals surface area contributed by atoms with Gasteiger partial charge in [0.1, 0.15) is 5.82 Å². The molecule has 0 saturated heterocycles. The van der Waals surface area contributed by atoms with Crippen molar-refractivity contribution in [1.82, 2.24) is 0 Å². The lowest BCUT2D eigenvalue weighted by atomic mass is 10.2. The number of benzene rings is 2. The van der Waals surface area contributed by atoms with Gasteiger partial charge in [-0.1, -0.05) is 6.07 Å². The minimum Gasteiger partial charge on any atom is -0.322 e. The summed E-state index contributed by atoms with van der Waals surface area (Å²) in [5, 5.41) is 13.2. The third-order valence-corrected chi connectivity index (χ3v) is 4.04. The van der Waals surface area contributed by atoms with Gasteiger partial charge in [0.15, 0.2) is 0 Å². The van der Waals surface area contributed by atoms with Crippen LogP contribution in [-0.4, -0.2) is 10.8 Å². The van der Waals surface area contributed by atoms with E-state index in [9.17, 15) is 19.3 Å². The maximum absolute atomic E-state index is 13.4. The number of anilines is 1. The first kappa shape index (κ1) is 15.6. The molecule has 1 amide bonds. The highest BCUT2D eigenvalue weighted by Crippen LogP contribution is 2.28. The number of nitrogens with zero attached hydrogens (tertiary/aromatic N) is 1. The minimum absolute atomic E-state index is 0.0588. The summed E-state index contributed by atoms with van der Waals surface area (Å²) in [7, 11) is 0. The highest BCUT2D eigenvalue weighted by Gasteiger charge is 2.16. The molecule has 0 aliphatic carbocycles. The van der Waals surface area contributed by atoms with Crippen molar-refractivity contribution in [2.45, 2.75) is 0 Å². The fourth-order valence-corrected chi connectivity index (χ4v) is 2.58. The molecule has 0 fully saturated rings. The average Bonchev–Trinajstić information content (AvgIpc) is 2.41. The Labute approximate surface area is 135 Å². The Morgan fingerprint density at radius 1 is 1.24 bits per heavy atom. The van der Waals surface area contributed by atoms with Crippen molar-refractivity contribution < 1.29 is 14.1 Å². The Balaban J connectivity index is 2.26. The van der Waals surface area contributed by atoms with Gasteiger partial charge in [-0.3, -0.25) is 14.9 Å². The first-order valence-corrected chi connectivity index (χ1v) is 7.18. The zero-order valence-electron chi connectivity index (χ0n) is 10.3. The van der Waals surface area contributed by atoms with E-state index in [1.54, 1.807) is 0 Å². The molecule has 0 aliphatic rings. The van der Waals surface area contributed by atoms with Crippen LogP contribution in [0, 0.1) is 15.9 Å². The van der Waals surface area contributed by atoms with Gasteiger partial charge in [-0.15, -0.1) is 0 Å². The van der Waals surface area contributed by atoms with E-state index in [4.69, 9.17) is 0 Å². The largest absolute Gasteiger partial charge is 0.322 e. The molecule has 108 valence electrons. The van der Waals surface area contributed by atoms with Crippen LogP contribution in [0.3, 0.4) is 0 Å². The molecule has 0 atom stereocenters. The van der Waals surface area contributed by atoms with Crippen LogP contribution in [0.25, 0.3) is 0 Å². The van der Waals surface area contributed by atoms with Gasteiger partial charge in [0.05, 0.1) is 19.4 Å². The molecule has 0 heterocycles. The fourth-order valence-electron chi connectivity index (χ4n) is 1.61. The maximum atomic E-state index is 13.4. The summed E-state index contributed by atoms with van der Waals surface area (Å²) in [6.07, 6.45) is 0. The van der Waals surface area contributed by atoms with E-state index in [0.717, 1.165) is 0 Å². The molecule has 2 aromatic carbocycles. The highest BCUT2D eigenvalue weighted by molar-refractivity contribution is 9.11. The third-order valence-electron chi connectivity index (χ3n) is 2.60. The lowest BCUT2D eigenvalue weighted by molar-refractivity contribution is -0.385. The molecule has 21 heavy (non-hydrogen) atoms. The molecule has 2 rings (SSSR count). The molecular weight excluding hydrogens is 411 g/mol. The Bertz CT molecular complexity index is 737. The Morgan fingerprint density at radius 2 is 1.95 bits per heavy atom. The number of halogens is 3. The van der Waals surface area contributed by atoms with Gasteiger partial charge in [0, 0.05) is 11.8 Å². The van der Waals surface area contributed by atoms with Crippen LogP contribution < -0.4 is 5.32 Å². The van der Waals surface area contributed by atoms with Crippen LogP contribution >= 0.6 is 31.9 Å². The molecule has 0 aromatic heterocycles. The minimum atomic E-state index is -0.549. The summed E-state index contributed by atoms with van der Waals surface area (Å²) in [5.41, 5.74) is 0.373. The number of amides is 1.